The lowest BCUT2D eigenvalue weighted by Gasteiger charge is -2.13. The number of carbonyl (C=O) groups is 2. The summed E-state index contributed by atoms with van der Waals surface area (Å²) in [4.78, 5) is 32.2. The zero-order valence-electron chi connectivity index (χ0n) is 18.4. The number of rotatable bonds is 7. The van der Waals surface area contributed by atoms with Crippen LogP contribution in [0.25, 0.3) is 0 Å². The number of urea groups is 1. The lowest BCUT2D eigenvalue weighted by atomic mass is 10.1. The summed E-state index contributed by atoms with van der Waals surface area (Å²) < 4.78 is 11.1. The first-order valence-corrected chi connectivity index (χ1v) is 9.90. The van der Waals surface area contributed by atoms with Gasteiger partial charge in [0.05, 0.1) is 7.11 Å². The minimum absolute atomic E-state index is 0.273. The van der Waals surface area contributed by atoms with E-state index in [1.54, 1.807) is 31.4 Å². The Morgan fingerprint density at radius 1 is 1.06 bits per heavy atom. The third-order valence-corrected chi connectivity index (χ3v) is 4.54. The summed E-state index contributed by atoms with van der Waals surface area (Å²) in [6, 6.07) is 10.3. The third-order valence-electron chi connectivity index (χ3n) is 4.54. The van der Waals surface area contributed by atoms with E-state index >= 15 is 0 Å². The molecule has 3 aromatic rings. The standard InChI is InChI=1S/C23H25N5O4/c1-14-9-19(22(31-4)26-12-14)28-23(30)27-13-16-5-6-20(15(2)10-16)32-17-7-8-25-18(11-17)21(29)24-3/h5-12H,13H2,1-4H3,(H,24,29)(H2,27,28,30). The predicted molar refractivity (Wildman–Crippen MR) is 120 cm³/mol. The van der Waals surface area contributed by atoms with Crippen LogP contribution in [0, 0.1) is 13.8 Å². The number of nitrogens with zero attached hydrogens (tertiary/aromatic N) is 2. The van der Waals surface area contributed by atoms with Crippen LogP contribution >= 0.6 is 0 Å². The number of aryl methyl sites for hydroxylation is 2. The highest BCUT2D eigenvalue weighted by Gasteiger charge is 2.11. The molecule has 3 rings (SSSR count). The molecule has 0 unspecified atom stereocenters. The molecule has 0 aliphatic rings. The van der Waals surface area contributed by atoms with Crippen LogP contribution in [0.2, 0.25) is 0 Å². The Kier molecular flexibility index (Phi) is 7.22. The molecule has 3 N–H and O–H groups in total. The average molecular weight is 435 g/mol. The zero-order chi connectivity index (χ0) is 23.1. The highest BCUT2D eigenvalue weighted by atomic mass is 16.5. The Hall–Kier alpha value is -4.14. The van der Waals surface area contributed by atoms with Crippen molar-refractivity contribution in [3.05, 3.63) is 71.2 Å². The normalized spacial score (nSPS) is 10.2. The molecule has 0 bridgehead atoms. The van der Waals surface area contributed by atoms with E-state index in [1.165, 1.54) is 13.3 Å². The Labute approximate surface area is 186 Å². The Bertz CT molecular complexity index is 1130. The van der Waals surface area contributed by atoms with Gasteiger partial charge in [-0.25, -0.2) is 9.78 Å². The number of pyridine rings is 2. The first kappa shape index (κ1) is 22.5. The minimum atomic E-state index is -0.368. The maximum absolute atomic E-state index is 12.3. The Morgan fingerprint density at radius 2 is 1.88 bits per heavy atom. The van der Waals surface area contributed by atoms with E-state index in [1.807, 2.05) is 32.0 Å². The fourth-order valence-corrected chi connectivity index (χ4v) is 2.95. The van der Waals surface area contributed by atoms with Gasteiger partial charge >= 0.3 is 6.03 Å². The number of anilines is 1. The Balaban J connectivity index is 1.61. The summed E-state index contributed by atoms with van der Waals surface area (Å²) in [6.45, 7) is 4.11. The molecule has 3 amide bonds. The number of benzene rings is 1. The molecule has 0 radical (unpaired) electrons. The number of hydrogen-bond acceptors (Lipinski definition) is 6. The van der Waals surface area contributed by atoms with Gasteiger partial charge in [-0.05, 0) is 48.7 Å². The van der Waals surface area contributed by atoms with Gasteiger partial charge in [0.1, 0.15) is 22.9 Å². The van der Waals surface area contributed by atoms with E-state index in [-0.39, 0.29) is 17.6 Å². The molecule has 32 heavy (non-hydrogen) atoms. The van der Waals surface area contributed by atoms with Crippen molar-refractivity contribution in [2.24, 2.45) is 0 Å². The van der Waals surface area contributed by atoms with Crippen LogP contribution in [0.5, 0.6) is 17.4 Å². The highest BCUT2D eigenvalue weighted by Crippen LogP contribution is 2.26. The summed E-state index contributed by atoms with van der Waals surface area (Å²) in [5.74, 6) is 1.21. The van der Waals surface area contributed by atoms with Crippen molar-refractivity contribution in [1.29, 1.82) is 0 Å². The molecule has 1 aromatic carbocycles. The molecule has 0 saturated heterocycles. The van der Waals surface area contributed by atoms with Crippen molar-refractivity contribution >= 4 is 17.6 Å². The summed E-state index contributed by atoms with van der Waals surface area (Å²) in [7, 11) is 3.04. The number of ether oxygens (including phenoxy) is 2. The SMILES string of the molecule is CNC(=O)c1cc(Oc2ccc(CNC(=O)Nc3cc(C)cnc3OC)cc2C)ccn1. The van der Waals surface area contributed by atoms with Crippen LogP contribution in [0.4, 0.5) is 10.5 Å². The Morgan fingerprint density at radius 3 is 2.59 bits per heavy atom. The molecule has 0 fully saturated rings. The number of hydrogen-bond donors (Lipinski definition) is 3. The van der Waals surface area contributed by atoms with Gasteiger partial charge in [-0.3, -0.25) is 9.78 Å². The fourth-order valence-electron chi connectivity index (χ4n) is 2.95. The second-order valence-electron chi connectivity index (χ2n) is 7.04. The van der Waals surface area contributed by atoms with Crippen molar-refractivity contribution in [1.82, 2.24) is 20.6 Å². The summed E-state index contributed by atoms with van der Waals surface area (Å²) >= 11 is 0. The molecule has 0 aliphatic heterocycles. The molecule has 9 nitrogen and oxygen atoms in total. The highest BCUT2D eigenvalue weighted by molar-refractivity contribution is 5.92. The van der Waals surface area contributed by atoms with Crippen LogP contribution in [0.3, 0.4) is 0 Å². The summed E-state index contributed by atoms with van der Waals surface area (Å²) in [5, 5.41) is 8.10. The van der Waals surface area contributed by atoms with E-state index < -0.39 is 0 Å². The van der Waals surface area contributed by atoms with Crippen LogP contribution in [-0.2, 0) is 6.54 Å². The number of aromatic nitrogens is 2. The molecular weight excluding hydrogens is 410 g/mol. The number of methoxy groups -OCH3 is 1. The number of amides is 3. The molecule has 0 atom stereocenters. The number of nitrogens with one attached hydrogen (secondary N) is 3. The predicted octanol–water partition coefficient (Wildman–Crippen LogP) is 3.58. The van der Waals surface area contributed by atoms with Gasteiger partial charge in [-0.15, -0.1) is 0 Å². The van der Waals surface area contributed by atoms with Gasteiger partial charge < -0.3 is 25.4 Å². The van der Waals surface area contributed by atoms with E-state index in [2.05, 4.69) is 25.9 Å². The van der Waals surface area contributed by atoms with E-state index in [0.717, 1.165) is 16.7 Å². The van der Waals surface area contributed by atoms with E-state index in [0.29, 0.717) is 29.6 Å². The van der Waals surface area contributed by atoms with E-state index in [4.69, 9.17) is 9.47 Å². The lowest BCUT2D eigenvalue weighted by molar-refractivity contribution is 0.0958. The maximum atomic E-state index is 12.3. The molecule has 2 aromatic heterocycles. The second kappa shape index (κ2) is 10.3. The number of carbonyl (C=O) groups excluding carboxylic acids is 2. The van der Waals surface area contributed by atoms with Gasteiger partial charge in [-0.1, -0.05) is 12.1 Å². The van der Waals surface area contributed by atoms with Gasteiger partial charge in [0, 0.05) is 32.1 Å². The van der Waals surface area contributed by atoms with Gasteiger partial charge in [0.25, 0.3) is 5.91 Å². The molecule has 0 spiro atoms. The van der Waals surface area contributed by atoms with Crippen LogP contribution in [0.1, 0.15) is 27.2 Å². The van der Waals surface area contributed by atoms with Crippen LogP contribution in [-0.4, -0.2) is 36.1 Å². The van der Waals surface area contributed by atoms with Crippen LogP contribution in [0.15, 0.2) is 48.8 Å². The maximum Gasteiger partial charge on any atom is 0.319 e. The summed E-state index contributed by atoms with van der Waals surface area (Å²) in [6.07, 6.45) is 3.19. The molecule has 9 heteroatoms. The smallest absolute Gasteiger partial charge is 0.319 e. The van der Waals surface area contributed by atoms with Gasteiger partial charge in [0.15, 0.2) is 0 Å². The first-order chi connectivity index (χ1) is 15.4. The lowest BCUT2D eigenvalue weighted by Crippen LogP contribution is -2.28. The zero-order valence-corrected chi connectivity index (χ0v) is 18.4. The van der Waals surface area contributed by atoms with E-state index in [9.17, 15) is 9.59 Å². The van der Waals surface area contributed by atoms with Crippen molar-refractivity contribution in [2.75, 3.05) is 19.5 Å². The van der Waals surface area contributed by atoms with Crippen LogP contribution < -0.4 is 25.4 Å². The average Bonchev–Trinajstić information content (AvgIpc) is 2.79. The monoisotopic (exact) mass is 435 g/mol. The van der Waals surface area contributed by atoms with Crippen molar-refractivity contribution in [3.63, 3.8) is 0 Å². The quantitative estimate of drug-likeness (QED) is 0.523. The molecule has 166 valence electrons. The molecular formula is C23H25N5O4. The van der Waals surface area contributed by atoms with Gasteiger partial charge in [0.2, 0.25) is 5.88 Å². The molecule has 0 saturated carbocycles. The van der Waals surface area contributed by atoms with Crippen molar-refractivity contribution in [3.8, 4) is 17.4 Å². The molecule has 2 heterocycles. The van der Waals surface area contributed by atoms with Crippen molar-refractivity contribution in [2.45, 2.75) is 20.4 Å². The topological polar surface area (TPSA) is 114 Å². The fraction of sp³-hybridized carbons (Fsp3) is 0.217. The summed E-state index contributed by atoms with van der Waals surface area (Å²) in [5.41, 5.74) is 3.46. The molecule has 0 aliphatic carbocycles. The van der Waals surface area contributed by atoms with Gasteiger partial charge in [-0.2, -0.15) is 0 Å². The minimum Gasteiger partial charge on any atom is -0.480 e. The third kappa shape index (κ3) is 5.72. The first-order valence-electron chi connectivity index (χ1n) is 9.90. The largest absolute Gasteiger partial charge is 0.480 e. The van der Waals surface area contributed by atoms with Crippen molar-refractivity contribution < 1.29 is 19.1 Å². The second-order valence-corrected chi connectivity index (χ2v) is 7.04.